The highest BCUT2D eigenvalue weighted by Crippen LogP contribution is 2.20. The van der Waals surface area contributed by atoms with Gasteiger partial charge < -0.3 is 14.6 Å². The highest BCUT2D eigenvalue weighted by atomic mass is 16.5. The molecule has 0 amide bonds. The van der Waals surface area contributed by atoms with E-state index in [0.29, 0.717) is 6.10 Å². The van der Waals surface area contributed by atoms with Gasteiger partial charge in [-0.05, 0) is 19.4 Å². The van der Waals surface area contributed by atoms with Gasteiger partial charge in [0.2, 0.25) is 0 Å². The first-order valence-electron chi connectivity index (χ1n) is 7.21. The smallest absolute Gasteiger partial charge is 0.0950 e. The normalized spacial score (nSPS) is 17.2. The van der Waals surface area contributed by atoms with Crippen molar-refractivity contribution in [3.8, 4) is 0 Å². The van der Waals surface area contributed by atoms with Crippen LogP contribution in [0.3, 0.4) is 0 Å². The maximum Gasteiger partial charge on any atom is 0.0950 e. The number of nitrogens with zero attached hydrogens (tertiary/aromatic N) is 2. The molecule has 4 nitrogen and oxygen atoms in total. The molecule has 1 aliphatic rings. The van der Waals surface area contributed by atoms with Crippen molar-refractivity contribution in [3.63, 3.8) is 0 Å². The Morgan fingerprint density at radius 2 is 2.22 bits per heavy atom. The molecule has 2 rings (SSSR count). The van der Waals surface area contributed by atoms with Gasteiger partial charge in [-0.1, -0.05) is 26.2 Å². The summed E-state index contributed by atoms with van der Waals surface area (Å²) in [4.78, 5) is 4.36. The molecular formula is C14H25N3O. The zero-order valence-electron chi connectivity index (χ0n) is 11.4. The molecule has 0 bridgehead atoms. The Morgan fingerprint density at radius 3 is 3.00 bits per heavy atom. The van der Waals surface area contributed by atoms with Gasteiger partial charge >= 0.3 is 0 Å². The molecule has 1 N–H and O–H groups in total. The molecule has 0 radical (unpaired) electrons. The standard InChI is InChI=1S/C14H25N3O/c1-2-15-10-13-11-17(12-16-13)8-9-18-14-6-4-3-5-7-14/h11-12,14-15H,2-10H2,1H3. The summed E-state index contributed by atoms with van der Waals surface area (Å²) in [6.07, 6.45) is 11.1. The summed E-state index contributed by atoms with van der Waals surface area (Å²) in [6, 6.07) is 0. The highest BCUT2D eigenvalue weighted by Gasteiger charge is 2.13. The second-order valence-electron chi connectivity index (χ2n) is 5.01. The van der Waals surface area contributed by atoms with Crippen LogP contribution in [0.4, 0.5) is 0 Å². The summed E-state index contributed by atoms with van der Waals surface area (Å²) in [5.74, 6) is 0. The van der Waals surface area contributed by atoms with Gasteiger partial charge in [-0.2, -0.15) is 0 Å². The number of hydrogen-bond acceptors (Lipinski definition) is 3. The molecule has 1 heterocycles. The Bertz CT molecular complexity index is 332. The molecule has 1 aromatic heterocycles. The van der Waals surface area contributed by atoms with Gasteiger partial charge in [0.15, 0.2) is 0 Å². The van der Waals surface area contributed by atoms with Gasteiger partial charge in [0.25, 0.3) is 0 Å². The summed E-state index contributed by atoms with van der Waals surface area (Å²) >= 11 is 0. The van der Waals surface area contributed by atoms with Crippen LogP contribution in [-0.2, 0) is 17.8 Å². The molecular weight excluding hydrogens is 226 g/mol. The van der Waals surface area contributed by atoms with Crippen LogP contribution < -0.4 is 5.32 Å². The average Bonchev–Trinajstić information content (AvgIpc) is 2.85. The van der Waals surface area contributed by atoms with Crippen molar-refractivity contribution in [2.24, 2.45) is 0 Å². The molecule has 1 saturated carbocycles. The molecule has 1 aliphatic carbocycles. The topological polar surface area (TPSA) is 39.1 Å². The first-order chi connectivity index (χ1) is 8.88. The lowest BCUT2D eigenvalue weighted by Gasteiger charge is -2.21. The van der Waals surface area contributed by atoms with Gasteiger partial charge in [-0.25, -0.2) is 4.98 Å². The predicted molar refractivity (Wildman–Crippen MR) is 72.4 cm³/mol. The van der Waals surface area contributed by atoms with E-state index in [4.69, 9.17) is 4.74 Å². The van der Waals surface area contributed by atoms with E-state index in [1.807, 2.05) is 6.33 Å². The van der Waals surface area contributed by atoms with Crippen molar-refractivity contribution in [1.82, 2.24) is 14.9 Å². The van der Waals surface area contributed by atoms with E-state index in [-0.39, 0.29) is 0 Å². The van der Waals surface area contributed by atoms with E-state index in [2.05, 4.69) is 28.0 Å². The zero-order chi connectivity index (χ0) is 12.6. The molecule has 0 saturated heterocycles. The molecule has 0 unspecified atom stereocenters. The largest absolute Gasteiger partial charge is 0.376 e. The number of ether oxygens (including phenoxy) is 1. The number of aromatic nitrogens is 2. The van der Waals surface area contributed by atoms with Crippen molar-refractivity contribution < 1.29 is 4.74 Å². The molecule has 102 valence electrons. The Hall–Kier alpha value is -0.870. The van der Waals surface area contributed by atoms with E-state index in [9.17, 15) is 0 Å². The van der Waals surface area contributed by atoms with Crippen LogP contribution in [0.25, 0.3) is 0 Å². The van der Waals surface area contributed by atoms with Crippen molar-refractivity contribution in [2.75, 3.05) is 13.2 Å². The van der Waals surface area contributed by atoms with Crippen LogP contribution in [0.2, 0.25) is 0 Å². The zero-order valence-corrected chi connectivity index (χ0v) is 11.4. The van der Waals surface area contributed by atoms with Crippen LogP contribution in [0.15, 0.2) is 12.5 Å². The fourth-order valence-electron chi connectivity index (χ4n) is 2.43. The maximum atomic E-state index is 5.91. The van der Waals surface area contributed by atoms with Gasteiger partial charge in [-0.3, -0.25) is 0 Å². The lowest BCUT2D eigenvalue weighted by molar-refractivity contribution is 0.0241. The number of rotatable bonds is 7. The second-order valence-corrected chi connectivity index (χ2v) is 5.01. The molecule has 1 fully saturated rings. The van der Waals surface area contributed by atoms with E-state index < -0.39 is 0 Å². The minimum atomic E-state index is 0.503. The third kappa shape index (κ3) is 4.42. The van der Waals surface area contributed by atoms with E-state index in [0.717, 1.165) is 31.9 Å². The van der Waals surface area contributed by atoms with Gasteiger partial charge in [0.05, 0.1) is 24.7 Å². The SMILES string of the molecule is CCNCc1cn(CCOC2CCCCC2)cn1. The number of nitrogens with one attached hydrogen (secondary N) is 1. The van der Waals surface area contributed by atoms with Crippen molar-refractivity contribution >= 4 is 0 Å². The Balaban J connectivity index is 1.64. The van der Waals surface area contributed by atoms with E-state index >= 15 is 0 Å². The van der Waals surface area contributed by atoms with Gasteiger partial charge in [-0.15, -0.1) is 0 Å². The van der Waals surface area contributed by atoms with Crippen LogP contribution in [-0.4, -0.2) is 28.8 Å². The minimum absolute atomic E-state index is 0.503. The fraction of sp³-hybridized carbons (Fsp3) is 0.786. The monoisotopic (exact) mass is 251 g/mol. The van der Waals surface area contributed by atoms with Crippen LogP contribution in [0, 0.1) is 0 Å². The minimum Gasteiger partial charge on any atom is -0.376 e. The van der Waals surface area contributed by atoms with Crippen LogP contribution in [0.5, 0.6) is 0 Å². The van der Waals surface area contributed by atoms with Crippen LogP contribution in [0.1, 0.15) is 44.7 Å². The highest BCUT2D eigenvalue weighted by molar-refractivity contribution is 4.95. The predicted octanol–water partition coefficient (Wildman–Crippen LogP) is 2.34. The van der Waals surface area contributed by atoms with E-state index in [1.165, 1.54) is 32.1 Å². The maximum absolute atomic E-state index is 5.91. The summed E-state index contributed by atoms with van der Waals surface area (Å²) in [5, 5.41) is 3.28. The molecule has 0 aliphatic heterocycles. The summed E-state index contributed by atoms with van der Waals surface area (Å²) < 4.78 is 8.03. The average molecular weight is 251 g/mol. The van der Waals surface area contributed by atoms with Crippen molar-refractivity contribution in [3.05, 3.63) is 18.2 Å². The van der Waals surface area contributed by atoms with Gasteiger partial charge in [0.1, 0.15) is 0 Å². The molecule has 4 heteroatoms. The first-order valence-corrected chi connectivity index (χ1v) is 7.21. The molecule has 18 heavy (non-hydrogen) atoms. The molecule has 0 spiro atoms. The fourth-order valence-corrected chi connectivity index (χ4v) is 2.43. The van der Waals surface area contributed by atoms with Crippen molar-refractivity contribution in [1.29, 1.82) is 0 Å². The Morgan fingerprint density at radius 1 is 1.39 bits per heavy atom. The second kappa shape index (κ2) is 7.54. The number of imidazole rings is 1. The van der Waals surface area contributed by atoms with E-state index in [1.54, 1.807) is 0 Å². The summed E-state index contributed by atoms with van der Waals surface area (Å²) in [6.45, 7) is 5.66. The van der Waals surface area contributed by atoms with Gasteiger partial charge in [0, 0.05) is 19.3 Å². The lowest BCUT2D eigenvalue weighted by Crippen LogP contribution is -2.19. The third-order valence-corrected chi connectivity index (χ3v) is 3.50. The molecule has 0 atom stereocenters. The number of hydrogen-bond donors (Lipinski definition) is 1. The first kappa shape index (κ1) is 13.6. The third-order valence-electron chi connectivity index (χ3n) is 3.50. The quantitative estimate of drug-likeness (QED) is 0.808. The Labute approximate surface area is 110 Å². The molecule has 1 aromatic rings. The lowest BCUT2D eigenvalue weighted by atomic mass is 9.98. The molecule has 0 aromatic carbocycles. The van der Waals surface area contributed by atoms with Crippen LogP contribution >= 0.6 is 0 Å². The summed E-state index contributed by atoms with van der Waals surface area (Å²) in [5.41, 5.74) is 1.11. The Kier molecular flexibility index (Phi) is 5.68. The summed E-state index contributed by atoms with van der Waals surface area (Å²) in [7, 11) is 0. The van der Waals surface area contributed by atoms with Crippen molar-refractivity contribution in [2.45, 2.75) is 58.2 Å².